The van der Waals surface area contributed by atoms with Crippen LogP contribution in [-0.4, -0.2) is 32.8 Å². The monoisotopic (exact) mass is 342 g/mol. The van der Waals surface area contributed by atoms with Crippen molar-refractivity contribution in [1.82, 2.24) is 9.55 Å². The SMILES string of the molecule is CCOC(=O)c1ncn([C@@H](C)C2(O)CCCCC2)c1-c1ccccc1. The second-order valence-corrected chi connectivity index (χ2v) is 6.78. The average Bonchev–Trinajstić information content (AvgIpc) is 3.07. The summed E-state index contributed by atoms with van der Waals surface area (Å²) in [6.45, 7) is 4.10. The Labute approximate surface area is 148 Å². The minimum absolute atomic E-state index is 0.168. The van der Waals surface area contributed by atoms with Gasteiger partial charge in [-0.2, -0.15) is 0 Å². The first-order valence-corrected chi connectivity index (χ1v) is 9.08. The fraction of sp³-hybridized carbons (Fsp3) is 0.500. The second-order valence-electron chi connectivity index (χ2n) is 6.78. The number of imidazole rings is 1. The van der Waals surface area contributed by atoms with Crippen LogP contribution in [0.5, 0.6) is 0 Å². The number of ether oxygens (including phenoxy) is 1. The van der Waals surface area contributed by atoms with Crippen LogP contribution in [0.3, 0.4) is 0 Å². The summed E-state index contributed by atoms with van der Waals surface area (Å²) < 4.78 is 7.11. The van der Waals surface area contributed by atoms with E-state index in [0.29, 0.717) is 18.0 Å². The maximum absolute atomic E-state index is 12.4. The van der Waals surface area contributed by atoms with E-state index in [-0.39, 0.29) is 6.04 Å². The molecular weight excluding hydrogens is 316 g/mol. The fourth-order valence-electron chi connectivity index (χ4n) is 3.73. The molecule has 1 aliphatic carbocycles. The van der Waals surface area contributed by atoms with Crippen LogP contribution in [0.2, 0.25) is 0 Å². The van der Waals surface area contributed by atoms with Gasteiger partial charge in [-0.15, -0.1) is 0 Å². The molecule has 2 aromatic rings. The summed E-state index contributed by atoms with van der Waals surface area (Å²) in [6.07, 6.45) is 6.43. The van der Waals surface area contributed by atoms with Crippen LogP contribution in [0.25, 0.3) is 11.3 Å². The van der Waals surface area contributed by atoms with Crippen molar-refractivity contribution in [3.05, 3.63) is 42.4 Å². The molecule has 0 unspecified atom stereocenters. The lowest BCUT2D eigenvalue weighted by Crippen LogP contribution is -2.39. The lowest BCUT2D eigenvalue weighted by Gasteiger charge is -2.38. The highest BCUT2D eigenvalue weighted by Gasteiger charge is 2.38. The smallest absolute Gasteiger partial charge is 0.359 e. The van der Waals surface area contributed by atoms with Gasteiger partial charge in [-0.1, -0.05) is 49.6 Å². The minimum atomic E-state index is -0.769. The summed E-state index contributed by atoms with van der Waals surface area (Å²) in [5, 5.41) is 11.2. The molecule has 1 N–H and O–H groups in total. The Balaban J connectivity index is 2.06. The van der Waals surface area contributed by atoms with Gasteiger partial charge < -0.3 is 14.4 Å². The van der Waals surface area contributed by atoms with E-state index in [1.165, 1.54) is 6.42 Å². The number of esters is 1. The molecule has 134 valence electrons. The lowest BCUT2D eigenvalue weighted by atomic mass is 9.80. The number of benzene rings is 1. The predicted octanol–water partition coefficient (Wildman–Crippen LogP) is 3.98. The van der Waals surface area contributed by atoms with Gasteiger partial charge in [0.05, 0.1) is 30.3 Å². The predicted molar refractivity (Wildman–Crippen MR) is 96.4 cm³/mol. The molecule has 1 aromatic heterocycles. The third kappa shape index (κ3) is 3.47. The van der Waals surface area contributed by atoms with E-state index in [1.54, 1.807) is 13.3 Å². The van der Waals surface area contributed by atoms with Crippen LogP contribution in [0.1, 0.15) is 62.5 Å². The molecule has 0 spiro atoms. The fourth-order valence-corrected chi connectivity index (χ4v) is 3.73. The van der Waals surface area contributed by atoms with Crippen molar-refractivity contribution in [3.8, 4) is 11.3 Å². The van der Waals surface area contributed by atoms with Crippen molar-refractivity contribution in [2.24, 2.45) is 0 Å². The summed E-state index contributed by atoms with van der Waals surface area (Å²) in [4.78, 5) is 16.7. The molecule has 1 atom stereocenters. The normalized spacial score (nSPS) is 17.9. The van der Waals surface area contributed by atoms with Crippen molar-refractivity contribution in [1.29, 1.82) is 0 Å². The second kappa shape index (κ2) is 7.40. The number of hydrogen-bond acceptors (Lipinski definition) is 4. The quantitative estimate of drug-likeness (QED) is 0.835. The van der Waals surface area contributed by atoms with Crippen LogP contribution in [0.4, 0.5) is 0 Å². The molecule has 0 amide bonds. The number of carbonyl (C=O) groups is 1. The van der Waals surface area contributed by atoms with E-state index >= 15 is 0 Å². The van der Waals surface area contributed by atoms with Crippen LogP contribution in [0, 0.1) is 0 Å². The summed E-state index contributed by atoms with van der Waals surface area (Å²) in [5.41, 5.74) is 1.15. The topological polar surface area (TPSA) is 64.3 Å². The molecule has 0 radical (unpaired) electrons. The highest BCUT2D eigenvalue weighted by atomic mass is 16.5. The van der Waals surface area contributed by atoms with Crippen molar-refractivity contribution in [2.45, 2.75) is 57.6 Å². The van der Waals surface area contributed by atoms with Gasteiger partial charge in [-0.3, -0.25) is 0 Å². The molecule has 1 fully saturated rings. The van der Waals surface area contributed by atoms with Gasteiger partial charge in [-0.25, -0.2) is 9.78 Å². The summed E-state index contributed by atoms with van der Waals surface area (Å²) in [5.74, 6) is -0.428. The highest BCUT2D eigenvalue weighted by Crippen LogP contribution is 2.39. The first-order chi connectivity index (χ1) is 12.1. The Morgan fingerprint density at radius 2 is 1.96 bits per heavy atom. The molecule has 1 heterocycles. The zero-order chi connectivity index (χ0) is 17.9. The molecule has 1 aliphatic rings. The van der Waals surface area contributed by atoms with E-state index in [2.05, 4.69) is 4.98 Å². The van der Waals surface area contributed by atoms with Crippen molar-refractivity contribution < 1.29 is 14.6 Å². The van der Waals surface area contributed by atoms with Gasteiger partial charge >= 0.3 is 5.97 Å². The maximum Gasteiger partial charge on any atom is 0.359 e. The van der Waals surface area contributed by atoms with Crippen LogP contribution >= 0.6 is 0 Å². The Morgan fingerprint density at radius 1 is 1.28 bits per heavy atom. The number of aliphatic hydroxyl groups is 1. The van der Waals surface area contributed by atoms with E-state index in [0.717, 1.165) is 31.2 Å². The van der Waals surface area contributed by atoms with E-state index in [9.17, 15) is 9.90 Å². The summed E-state index contributed by atoms with van der Waals surface area (Å²) in [6, 6.07) is 9.54. The Kier molecular flexibility index (Phi) is 5.23. The molecule has 3 rings (SSSR count). The number of rotatable bonds is 5. The Bertz CT molecular complexity index is 718. The molecule has 1 aromatic carbocycles. The maximum atomic E-state index is 12.4. The van der Waals surface area contributed by atoms with E-state index in [1.807, 2.05) is 41.8 Å². The molecule has 25 heavy (non-hydrogen) atoms. The first-order valence-electron chi connectivity index (χ1n) is 9.08. The average molecular weight is 342 g/mol. The summed E-state index contributed by atoms with van der Waals surface area (Å²) >= 11 is 0. The standard InChI is InChI=1S/C20H26N2O3/c1-3-25-19(23)17-18(16-10-6-4-7-11-16)22(14-21-17)15(2)20(24)12-8-5-9-13-20/h4,6-7,10-11,14-15,24H,3,5,8-9,12-13H2,1-2H3/t15-/m0/s1. The van der Waals surface area contributed by atoms with Gasteiger partial charge in [0.2, 0.25) is 0 Å². The molecule has 0 saturated heterocycles. The largest absolute Gasteiger partial charge is 0.461 e. The minimum Gasteiger partial charge on any atom is -0.461 e. The molecule has 5 nitrogen and oxygen atoms in total. The third-order valence-corrected chi connectivity index (χ3v) is 5.22. The van der Waals surface area contributed by atoms with Gasteiger partial charge in [0.1, 0.15) is 0 Å². The van der Waals surface area contributed by atoms with E-state index in [4.69, 9.17) is 4.74 Å². The number of hydrogen-bond donors (Lipinski definition) is 1. The number of aromatic nitrogens is 2. The first kappa shape index (κ1) is 17.7. The van der Waals surface area contributed by atoms with Crippen molar-refractivity contribution in [3.63, 3.8) is 0 Å². The van der Waals surface area contributed by atoms with Crippen molar-refractivity contribution in [2.75, 3.05) is 6.61 Å². The molecule has 0 bridgehead atoms. The molecule has 1 saturated carbocycles. The van der Waals surface area contributed by atoms with Crippen LogP contribution in [0.15, 0.2) is 36.7 Å². The lowest BCUT2D eigenvalue weighted by molar-refractivity contribution is -0.0369. The van der Waals surface area contributed by atoms with Crippen LogP contribution in [-0.2, 0) is 4.74 Å². The third-order valence-electron chi connectivity index (χ3n) is 5.22. The Hall–Kier alpha value is -2.14. The summed E-state index contributed by atoms with van der Waals surface area (Å²) in [7, 11) is 0. The van der Waals surface area contributed by atoms with Gasteiger partial charge in [-0.05, 0) is 26.7 Å². The van der Waals surface area contributed by atoms with Crippen LogP contribution < -0.4 is 0 Å². The zero-order valence-corrected chi connectivity index (χ0v) is 14.9. The van der Waals surface area contributed by atoms with Gasteiger partial charge in [0.15, 0.2) is 5.69 Å². The Morgan fingerprint density at radius 3 is 2.60 bits per heavy atom. The highest BCUT2D eigenvalue weighted by molar-refractivity contribution is 5.94. The van der Waals surface area contributed by atoms with Crippen molar-refractivity contribution >= 4 is 5.97 Å². The van der Waals surface area contributed by atoms with Gasteiger partial charge in [0, 0.05) is 5.56 Å². The number of carbonyl (C=O) groups excluding carboxylic acids is 1. The molecular formula is C20H26N2O3. The zero-order valence-electron chi connectivity index (χ0n) is 14.9. The number of nitrogens with zero attached hydrogens (tertiary/aromatic N) is 2. The van der Waals surface area contributed by atoms with E-state index < -0.39 is 11.6 Å². The molecule has 5 heteroatoms. The van der Waals surface area contributed by atoms with Gasteiger partial charge in [0.25, 0.3) is 0 Å². The molecule has 0 aliphatic heterocycles.